The van der Waals surface area contributed by atoms with Crippen molar-refractivity contribution in [3.63, 3.8) is 0 Å². The molecule has 8 nitrogen and oxygen atoms in total. The number of nitrogens with zero attached hydrogens (tertiary/aromatic N) is 4. The van der Waals surface area contributed by atoms with Crippen LogP contribution in [0, 0.1) is 6.92 Å². The van der Waals surface area contributed by atoms with Crippen LogP contribution >= 0.6 is 0 Å². The fourth-order valence-electron chi connectivity index (χ4n) is 2.81. The molecule has 2 aromatic rings. The van der Waals surface area contributed by atoms with Crippen LogP contribution in [0.4, 0.5) is 16.3 Å². The van der Waals surface area contributed by atoms with Gasteiger partial charge in [-0.25, -0.2) is 9.78 Å². The fourth-order valence-corrected chi connectivity index (χ4v) is 2.81. The van der Waals surface area contributed by atoms with Crippen molar-refractivity contribution >= 4 is 17.5 Å². The third kappa shape index (κ3) is 4.14. The molecule has 1 aromatic heterocycles. The lowest BCUT2D eigenvalue weighted by Crippen LogP contribution is -2.50. The Labute approximate surface area is 152 Å². The van der Waals surface area contributed by atoms with Crippen molar-refractivity contribution in [1.82, 2.24) is 14.9 Å². The number of carbonyl (C=O) groups is 1. The second-order valence-electron chi connectivity index (χ2n) is 5.95. The van der Waals surface area contributed by atoms with Crippen LogP contribution in [0.1, 0.15) is 5.82 Å². The van der Waals surface area contributed by atoms with E-state index in [0.29, 0.717) is 37.9 Å². The Morgan fingerprint density at radius 1 is 1.04 bits per heavy atom. The second kappa shape index (κ2) is 7.90. The van der Waals surface area contributed by atoms with E-state index in [1.807, 2.05) is 37.3 Å². The molecule has 1 aliphatic rings. The highest BCUT2D eigenvalue weighted by molar-refractivity contribution is 5.89. The van der Waals surface area contributed by atoms with Crippen LogP contribution < -0.4 is 19.7 Å². The van der Waals surface area contributed by atoms with E-state index >= 15 is 0 Å². The number of carbonyl (C=O) groups excluding carboxylic acids is 1. The van der Waals surface area contributed by atoms with Gasteiger partial charge in [-0.1, -0.05) is 0 Å². The van der Waals surface area contributed by atoms with Crippen molar-refractivity contribution in [2.24, 2.45) is 0 Å². The van der Waals surface area contributed by atoms with Crippen LogP contribution in [0.15, 0.2) is 30.3 Å². The number of piperazine rings is 1. The van der Waals surface area contributed by atoms with Crippen LogP contribution in [0.2, 0.25) is 0 Å². The molecule has 2 heterocycles. The van der Waals surface area contributed by atoms with E-state index in [1.54, 1.807) is 19.1 Å². The molecule has 8 heteroatoms. The average molecular weight is 357 g/mol. The Morgan fingerprint density at radius 2 is 1.73 bits per heavy atom. The number of benzene rings is 1. The zero-order valence-electron chi connectivity index (χ0n) is 15.2. The maximum absolute atomic E-state index is 12.4. The molecule has 1 aromatic carbocycles. The van der Waals surface area contributed by atoms with Crippen LogP contribution in [0.25, 0.3) is 0 Å². The Morgan fingerprint density at radius 3 is 2.35 bits per heavy atom. The van der Waals surface area contributed by atoms with Gasteiger partial charge >= 0.3 is 6.03 Å². The van der Waals surface area contributed by atoms with Crippen molar-refractivity contribution in [2.75, 3.05) is 50.6 Å². The number of ether oxygens (including phenoxy) is 2. The van der Waals surface area contributed by atoms with Crippen molar-refractivity contribution in [3.8, 4) is 11.6 Å². The smallest absolute Gasteiger partial charge is 0.321 e. The summed E-state index contributed by atoms with van der Waals surface area (Å²) in [5.41, 5.74) is 0.745. The Hall–Kier alpha value is -3.03. The largest absolute Gasteiger partial charge is 0.497 e. The number of hydrogen-bond donors (Lipinski definition) is 1. The van der Waals surface area contributed by atoms with Crippen molar-refractivity contribution in [2.45, 2.75) is 6.92 Å². The third-order valence-electron chi connectivity index (χ3n) is 4.24. The lowest BCUT2D eigenvalue weighted by atomic mass is 10.3. The lowest BCUT2D eigenvalue weighted by molar-refractivity contribution is 0.208. The molecule has 1 aliphatic heterocycles. The van der Waals surface area contributed by atoms with E-state index in [1.165, 1.54) is 0 Å². The first-order valence-corrected chi connectivity index (χ1v) is 8.43. The van der Waals surface area contributed by atoms with Crippen LogP contribution in [0.5, 0.6) is 11.6 Å². The van der Waals surface area contributed by atoms with Gasteiger partial charge in [-0.05, 0) is 31.2 Å². The molecule has 1 fully saturated rings. The minimum Gasteiger partial charge on any atom is -0.497 e. The maximum atomic E-state index is 12.4. The monoisotopic (exact) mass is 357 g/mol. The minimum atomic E-state index is -0.105. The number of hydrogen-bond acceptors (Lipinski definition) is 6. The molecule has 0 spiro atoms. The molecule has 26 heavy (non-hydrogen) atoms. The first-order chi connectivity index (χ1) is 12.6. The molecule has 3 rings (SSSR count). The van der Waals surface area contributed by atoms with E-state index in [-0.39, 0.29) is 6.03 Å². The minimum absolute atomic E-state index is 0.105. The van der Waals surface area contributed by atoms with E-state index in [0.717, 1.165) is 17.3 Å². The maximum Gasteiger partial charge on any atom is 0.321 e. The van der Waals surface area contributed by atoms with Gasteiger partial charge in [0.1, 0.15) is 17.4 Å². The topological polar surface area (TPSA) is 79.8 Å². The number of anilines is 2. The van der Waals surface area contributed by atoms with Gasteiger partial charge in [0.2, 0.25) is 5.88 Å². The highest BCUT2D eigenvalue weighted by atomic mass is 16.5. The molecule has 0 atom stereocenters. The molecule has 1 saturated heterocycles. The average Bonchev–Trinajstić information content (AvgIpc) is 2.68. The highest BCUT2D eigenvalue weighted by Crippen LogP contribution is 2.20. The zero-order valence-corrected chi connectivity index (χ0v) is 15.2. The summed E-state index contributed by atoms with van der Waals surface area (Å²) in [7, 11) is 3.20. The molecule has 0 bridgehead atoms. The fraction of sp³-hybridized carbons (Fsp3) is 0.389. The van der Waals surface area contributed by atoms with Crippen LogP contribution in [-0.4, -0.2) is 61.3 Å². The molecule has 0 aliphatic carbocycles. The molecular weight excluding hydrogens is 334 g/mol. The number of nitrogens with one attached hydrogen (secondary N) is 1. The number of urea groups is 1. The summed E-state index contributed by atoms with van der Waals surface area (Å²) in [4.78, 5) is 25.0. The van der Waals surface area contributed by atoms with Gasteiger partial charge < -0.3 is 24.6 Å². The molecule has 2 amide bonds. The van der Waals surface area contributed by atoms with Crippen molar-refractivity contribution in [1.29, 1.82) is 0 Å². The number of rotatable bonds is 4. The van der Waals surface area contributed by atoms with Gasteiger partial charge in [0, 0.05) is 37.9 Å². The summed E-state index contributed by atoms with van der Waals surface area (Å²) in [6, 6.07) is 8.99. The summed E-state index contributed by atoms with van der Waals surface area (Å²) in [5, 5.41) is 2.91. The standard InChI is InChI=1S/C18H23N5O3/c1-13-19-16(12-17(20-13)26-3)22-8-10-23(11-9-22)18(24)21-14-4-6-15(25-2)7-5-14/h4-7,12H,8-11H2,1-3H3,(H,21,24). The SMILES string of the molecule is COc1ccc(NC(=O)N2CCN(c3cc(OC)nc(C)n3)CC2)cc1. The molecular formula is C18H23N5O3. The summed E-state index contributed by atoms with van der Waals surface area (Å²) in [6.07, 6.45) is 0. The van der Waals surface area contributed by atoms with Gasteiger partial charge in [0.15, 0.2) is 0 Å². The summed E-state index contributed by atoms with van der Waals surface area (Å²) in [5.74, 6) is 2.79. The molecule has 0 saturated carbocycles. The summed E-state index contributed by atoms with van der Waals surface area (Å²) < 4.78 is 10.3. The van der Waals surface area contributed by atoms with E-state index < -0.39 is 0 Å². The van der Waals surface area contributed by atoms with Gasteiger partial charge in [0.05, 0.1) is 14.2 Å². The van der Waals surface area contributed by atoms with Crippen molar-refractivity contribution < 1.29 is 14.3 Å². The van der Waals surface area contributed by atoms with Gasteiger partial charge in [-0.15, -0.1) is 0 Å². The number of aromatic nitrogens is 2. The van der Waals surface area contributed by atoms with Crippen LogP contribution in [0.3, 0.4) is 0 Å². The molecule has 0 unspecified atom stereocenters. The molecule has 138 valence electrons. The number of methoxy groups -OCH3 is 2. The normalized spacial score (nSPS) is 14.1. The highest BCUT2D eigenvalue weighted by Gasteiger charge is 2.22. The Bertz CT molecular complexity index is 758. The first-order valence-electron chi connectivity index (χ1n) is 8.43. The predicted molar refractivity (Wildman–Crippen MR) is 99.1 cm³/mol. The van der Waals surface area contributed by atoms with Crippen molar-refractivity contribution in [3.05, 3.63) is 36.2 Å². The summed E-state index contributed by atoms with van der Waals surface area (Å²) >= 11 is 0. The Kier molecular flexibility index (Phi) is 5.40. The number of aryl methyl sites for hydroxylation is 1. The Balaban J connectivity index is 1.57. The molecule has 0 radical (unpaired) electrons. The van der Waals surface area contributed by atoms with Gasteiger partial charge in [-0.3, -0.25) is 0 Å². The summed E-state index contributed by atoms with van der Waals surface area (Å²) in [6.45, 7) is 4.48. The predicted octanol–water partition coefficient (Wildman–Crippen LogP) is 2.16. The second-order valence-corrected chi connectivity index (χ2v) is 5.95. The van der Waals surface area contributed by atoms with E-state index in [9.17, 15) is 4.79 Å². The van der Waals surface area contributed by atoms with Gasteiger partial charge in [0.25, 0.3) is 0 Å². The van der Waals surface area contributed by atoms with Gasteiger partial charge in [-0.2, -0.15) is 4.98 Å². The third-order valence-corrected chi connectivity index (χ3v) is 4.24. The first kappa shape index (κ1) is 17.8. The van der Waals surface area contributed by atoms with E-state index in [4.69, 9.17) is 9.47 Å². The quantitative estimate of drug-likeness (QED) is 0.903. The lowest BCUT2D eigenvalue weighted by Gasteiger charge is -2.35. The molecule has 1 N–H and O–H groups in total. The van der Waals surface area contributed by atoms with Crippen LogP contribution in [-0.2, 0) is 0 Å². The van der Waals surface area contributed by atoms with E-state index in [2.05, 4.69) is 20.2 Å². The number of amides is 2. The zero-order chi connectivity index (χ0) is 18.5.